The topological polar surface area (TPSA) is 15.0 Å². The highest BCUT2D eigenvalue weighted by Gasteiger charge is 2.44. The van der Waals surface area contributed by atoms with Crippen LogP contribution in [0.5, 0.6) is 0 Å². The van der Waals surface area contributed by atoms with Gasteiger partial charge in [0.1, 0.15) is 0 Å². The van der Waals surface area contributed by atoms with E-state index in [1.54, 1.807) is 0 Å². The molecular formula is C6H14N2S. The van der Waals surface area contributed by atoms with Gasteiger partial charge < -0.3 is 5.32 Å². The predicted octanol–water partition coefficient (Wildman–Crippen LogP) is 0.556. The number of likely N-dealkylation sites (N-methyl/N-ethyl adjacent to an activating group) is 2. The Labute approximate surface area is 61.0 Å². The molecule has 0 amide bonds. The van der Waals surface area contributed by atoms with Gasteiger partial charge >= 0.3 is 0 Å². The van der Waals surface area contributed by atoms with E-state index in [1.165, 1.54) is 0 Å². The van der Waals surface area contributed by atoms with Gasteiger partial charge in [-0.05, 0) is 19.8 Å². The summed E-state index contributed by atoms with van der Waals surface area (Å²) in [5.74, 6) is 0. The van der Waals surface area contributed by atoms with Crippen molar-refractivity contribution in [2.45, 2.75) is 18.5 Å². The number of nitrogens with one attached hydrogen (secondary N) is 1. The molecule has 1 saturated heterocycles. The van der Waals surface area contributed by atoms with Crippen molar-refractivity contribution in [3.05, 3.63) is 0 Å². The summed E-state index contributed by atoms with van der Waals surface area (Å²) in [5, 5.41) is 3.98. The molecule has 2 unspecified atom stereocenters. The van der Waals surface area contributed by atoms with Gasteiger partial charge in [-0.25, -0.2) is 0 Å². The average molecular weight is 146 g/mol. The number of rotatable bonds is 3. The van der Waals surface area contributed by atoms with Gasteiger partial charge in [0.25, 0.3) is 0 Å². The van der Waals surface area contributed by atoms with Gasteiger partial charge in [0.05, 0.1) is 11.5 Å². The van der Waals surface area contributed by atoms with Crippen molar-refractivity contribution in [3.63, 3.8) is 0 Å². The highest BCUT2D eigenvalue weighted by atomic mass is 32.2. The summed E-state index contributed by atoms with van der Waals surface area (Å²) in [5.41, 5.74) is 0. The maximum atomic E-state index is 3.25. The molecule has 1 rings (SSSR count). The van der Waals surface area contributed by atoms with Crippen LogP contribution in [0.15, 0.2) is 0 Å². The fourth-order valence-corrected chi connectivity index (χ4v) is 2.23. The van der Waals surface area contributed by atoms with Crippen LogP contribution >= 0.6 is 11.8 Å². The SMILES string of the molecule is CCN1C(NC)[C@H]1SC. The first-order valence-electron chi connectivity index (χ1n) is 3.31. The summed E-state index contributed by atoms with van der Waals surface area (Å²) < 4.78 is 0. The summed E-state index contributed by atoms with van der Waals surface area (Å²) >= 11 is 1.92. The Hall–Kier alpha value is 0.270. The fourth-order valence-electron chi connectivity index (χ4n) is 1.20. The van der Waals surface area contributed by atoms with E-state index in [0.29, 0.717) is 6.17 Å². The Kier molecular flexibility index (Phi) is 2.38. The maximum Gasteiger partial charge on any atom is 0.0861 e. The van der Waals surface area contributed by atoms with Crippen LogP contribution < -0.4 is 5.32 Å². The lowest BCUT2D eigenvalue weighted by molar-refractivity contribution is 0.501. The van der Waals surface area contributed by atoms with Crippen LogP contribution in [0, 0.1) is 0 Å². The van der Waals surface area contributed by atoms with Crippen LogP contribution in [-0.4, -0.2) is 36.3 Å². The zero-order valence-electron chi connectivity index (χ0n) is 6.22. The molecule has 54 valence electrons. The van der Waals surface area contributed by atoms with Gasteiger partial charge in [-0.1, -0.05) is 6.92 Å². The number of thioether (sulfide) groups is 1. The van der Waals surface area contributed by atoms with E-state index >= 15 is 0 Å². The van der Waals surface area contributed by atoms with Crippen LogP contribution in [-0.2, 0) is 0 Å². The van der Waals surface area contributed by atoms with E-state index in [0.717, 1.165) is 11.9 Å². The van der Waals surface area contributed by atoms with Gasteiger partial charge in [0.15, 0.2) is 0 Å². The third-order valence-corrected chi connectivity index (χ3v) is 2.78. The quantitative estimate of drug-likeness (QED) is 0.585. The molecule has 0 radical (unpaired) electrons. The average Bonchev–Trinajstić information content (AvgIpc) is 2.59. The second-order valence-corrected chi connectivity index (χ2v) is 3.14. The third kappa shape index (κ3) is 1.23. The van der Waals surface area contributed by atoms with E-state index in [9.17, 15) is 0 Å². The minimum absolute atomic E-state index is 0.644. The largest absolute Gasteiger partial charge is 0.303 e. The maximum absolute atomic E-state index is 3.25. The Morgan fingerprint density at radius 1 is 1.67 bits per heavy atom. The van der Waals surface area contributed by atoms with Gasteiger partial charge in [0.2, 0.25) is 0 Å². The van der Waals surface area contributed by atoms with Crippen molar-refractivity contribution in [1.82, 2.24) is 10.2 Å². The Bertz CT molecular complexity index is 72.0. The zero-order valence-corrected chi connectivity index (χ0v) is 7.03. The lowest BCUT2D eigenvalue weighted by atomic mass is 10.7. The minimum atomic E-state index is 0.644. The fraction of sp³-hybridized carbons (Fsp3) is 1.00. The molecule has 3 atom stereocenters. The molecule has 0 aliphatic carbocycles. The van der Waals surface area contributed by atoms with Crippen LogP contribution in [0.4, 0.5) is 0 Å². The normalized spacial score (nSPS) is 41.0. The molecule has 0 bridgehead atoms. The van der Waals surface area contributed by atoms with Crippen LogP contribution in [0.1, 0.15) is 6.92 Å². The van der Waals surface area contributed by atoms with E-state index in [-0.39, 0.29) is 0 Å². The van der Waals surface area contributed by atoms with Crippen molar-refractivity contribution in [3.8, 4) is 0 Å². The first-order chi connectivity index (χ1) is 4.35. The predicted molar refractivity (Wildman–Crippen MR) is 42.5 cm³/mol. The van der Waals surface area contributed by atoms with E-state index in [1.807, 2.05) is 18.8 Å². The second-order valence-electron chi connectivity index (χ2n) is 2.19. The molecule has 1 N–H and O–H groups in total. The highest BCUT2D eigenvalue weighted by Crippen LogP contribution is 2.32. The van der Waals surface area contributed by atoms with Crippen LogP contribution in [0.25, 0.3) is 0 Å². The smallest absolute Gasteiger partial charge is 0.0861 e. The first-order valence-corrected chi connectivity index (χ1v) is 4.59. The van der Waals surface area contributed by atoms with Gasteiger partial charge in [-0.15, -0.1) is 11.8 Å². The summed E-state index contributed by atoms with van der Waals surface area (Å²) in [6.45, 7) is 3.36. The summed E-state index contributed by atoms with van der Waals surface area (Å²) in [6.07, 6.45) is 2.80. The zero-order chi connectivity index (χ0) is 6.85. The molecular weight excluding hydrogens is 132 g/mol. The molecule has 0 aromatic rings. The molecule has 0 spiro atoms. The van der Waals surface area contributed by atoms with Crippen molar-refractivity contribution in [1.29, 1.82) is 0 Å². The molecule has 0 saturated carbocycles. The summed E-state index contributed by atoms with van der Waals surface area (Å²) in [6, 6.07) is 0. The number of hydrogen-bond acceptors (Lipinski definition) is 3. The van der Waals surface area contributed by atoms with Crippen molar-refractivity contribution < 1.29 is 0 Å². The van der Waals surface area contributed by atoms with Crippen LogP contribution in [0.3, 0.4) is 0 Å². The standard InChI is InChI=1S/C6H14N2S/c1-4-8-5(7-2)6(8)9-3/h5-7H,4H2,1-3H3/t5?,6-,8?/m1/s1. The Balaban J connectivity index is 2.26. The van der Waals surface area contributed by atoms with Crippen molar-refractivity contribution >= 4 is 11.8 Å². The lowest BCUT2D eigenvalue weighted by Gasteiger charge is -1.92. The monoisotopic (exact) mass is 146 g/mol. The van der Waals surface area contributed by atoms with Gasteiger partial charge in [-0.3, -0.25) is 4.90 Å². The molecule has 2 nitrogen and oxygen atoms in total. The molecule has 1 aliphatic rings. The third-order valence-electron chi connectivity index (χ3n) is 1.77. The molecule has 1 aliphatic heterocycles. The van der Waals surface area contributed by atoms with Gasteiger partial charge in [0, 0.05) is 0 Å². The highest BCUT2D eigenvalue weighted by molar-refractivity contribution is 7.99. The Morgan fingerprint density at radius 3 is 2.44 bits per heavy atom. The van der Waals surface area contributed by atoms with E-state index < -0.39 is 0 Å². The number of nitrogens with zero attached hydrogens (tertiary/aromatic N) is 1. The Morgan fingerprint density at radius 2 is 2.33 bits per heavy atom. The van der Waals surface area contributed by atoms with E-state index in [2.05, 4.69) is 23.4 Å². The number of hydrogen-bond donors (Lipinski definition) is 1. The molecule has 0 aromatic carbocycles. The summed E-state index contributed by atoms with van der Waals surface area (Å²) in [7, 11) is 2.02. The summed E-state index contributed by atoms with van der Waals surface area (Å²) in [4.78, 5) is 2.42. The van der Waals surface area contributed by atoms with Crippen LogP contribution in [0.2, 0.25) is 0 Å². The van der Waals surface area contributed by atoms with Gasteiger partial charge in [-0.2, -0.15) is 0 Å². The molecule has 1 fully saturated rings. The lowest BCUT2D eigenvalue weighted by Crippen LogP contribution is -2.16. The van der Waals surface area contributed by atoms with Crippen molar-refractivity contribution in [2.75, 3.05) is 19.8 Å². The first kappa shape index (κ1) is 7.38. The van der Waals surface area contributed by atoms with E-state index in [4.69, 9.17) is 0 Å². The molecule has 0 aromatic heterocycles. The molecule has 1 heterocycles. The molecule has 9 heavy (non-hydrogen) atoms. The van der Waals surface area contributed by atoms with Crippen molar-refractivity contribution in [2.24, 2.45) is 0 Å². The minimum Gasteiger partial charge on any atom is -0.303 e. The molecule has 3 heteroatoms. The second kappa shape index (κ2) is 2.90.